The first-order valence-electron chi connectivity index (χ1n) is 18.6. The minimum absolute atomic E-state index is 0.621. The molecule has 1 amide bonds. The van der Waals surface area contributed by atoms with Gasteiger partial charge in [0.1, 0.15) is 5.75 Å². The van der Waals surface area contributed by atoms with Crippen LogP contribution in [0.25, 0.3) is 27.6 Å². The fourth-order valence-corrected chi connectivity index (χ4v) is 7.66. The van der Waals surface area contributed by atoms with Crippen LogP contribution < -0.4 is 9.64 Å². The molecule has 1 N–H and O–H groups in total. The van der Waals surface area contributed by atoms with Crippen LogP contribution >= 0.6 is 23.2 Å². The number of allylic oxidation sites excluding steroid dienone is 1. The fourth-order valence-electron chi connectivity index (χ4n) is 7.31. The van der Waals surface area contributed by atoms with Gasteiger partial charge < -0.3 is 19.1 Å². The molecule has 55 heavy (non-hydrogen) atoms. The van der Waals surface area contributed by atoms with Gasteiger partial charge in [0.2, 0.25) is 6.41 Å². The summed E-state index contributed by atoms with van der Waals surface area (Å²) in [4.78, 5) is 23.3. The van der Waals surface area contributed by atoms with Crippen molar-refractivity contribution in [2.75, 3.05) is 37.7 Å². The van der Waals surface area contributed by atoms with Crippen molar-refractivity contribution >= 4 is 51.8 Å². The van der Waals surface area contributed by atoms with Crippen molar-refractivity contribution in [3.63, 3.8) is 0 Å². The predicted octanol–water partition coefficient (Wildman–Crippen LogP) is 9.73. The average molecular weight is 779 g/mol. The highest BCUT2D eigenvalue weighted by Gasteiger charge is 2.23. The van der Waals surface area contributed by atoms with Crippen LogP contribution in [-0.2, 0) is 17.8 Å². The number of hydrogen-bond donors (Lipinski definition) is 1. The highest BCUT2D eigenvalue weighted by atomic mass is 35.5. The zero-order chi connectivity index (χ0) is 39.2. The Labute approximate surface area is 334 Å². The molecule has 286 valence electrons. The summed E-state index contributed by atoms with van der Waals surface area (Å²) < 4.78 is 8.50. The lowest BCUT2D eigenvalue weighted by atomic mass is 9.98. The van der Waals surface area contributed by atoms with Gasteiger partial charge in [0.15, 0.2) is 0 Å². The van der Waals surface area contributed by atoms with E-state index in [0.29, 0.717) is 13.2 Å². The van der Waals surface area contributed by atoms with Crippen molar-refractivity contribution in [3.05, 3.63) is 129 Å². The molecular weight excluding hydrogens is 729 g/mol. The lowest BCUT2D eigenvalue weighted by Crippen LogP contribution is -2.45. The van der Waals surface area contributed by atoms with E-state index < -0.39 is 0 Å². The molecule has 5 heterocycles. The summed E-state index contributed by atoms with van der Waals surface area (Å²) in [7, 11) is 0. The number of ether oxygens (including phenoxy) is 1. The fraction of sp³-hybridized carbons (Fsp3) is 0.318. The molecule has 1 saturated heterocycles. The van der Waals surface area contributed by atoms with Crippen molar-refractivity contribution in [2.24, 2.45) is 0 Å². The zero-order valence-corrected chi connectivity index (χ0v) is 34.1. The number of fused-ring (bicyclic) bond motifs is 1. The Bertz CT molecular complexity index is 2260. The number of pyridine rings is 2. The molecule has 0 unspecified atom stereocenters. The van der Waals surface area contributed by atoms with Gasteiger partial charge in [-0.2, -0.15) is 5.10 Å². The molecule has 0 spiro atoms. The number of aryl methyl sites for hydroxylation is 5. The minimum atomic E-state index is 0.621. The quantitative estimate of drug-likeness (QED) is 0.104. The highest BCUT2D eigenvalue weighted by Crippen LogP contribution is 2.41. The van der Waals surface area contributed by atoms with Crippen LogP contribution in [0.5, 0.6) is 5.75 Å². The normalized spacial score (nSPS) is 12.8. The molecule has 1 aliphatic rings. The number of H-pyrrole nitrogens is 1. The van der Waals surface area contributed by atoms with Gasteiger partial charge in [-0.05, 0) is 118 Å². The number of benzene rings is 2. The summed E-state index contributed by atoms with van der Waals surface area (Å²) in [5.74, 6) is 0.861. The number of aromatic nitrogens is 5. The van der Waals surface area contributed by atoms with Crippen LogP contribution in [0.4, 0.5) is 5.69 Å². The molecule has 2 aromatic carbocycles. The molecule has 1 aliphatic heterocycles. The van der Waals surface area contributed by atoms with Crippen LogP contribution in [-0.4, -0.2) is 68.8 Å². The smallest absolute Gasteiger partial charge is 0.209 e. The third kappa shape index (κ3) is 8.90. The zero-order valence-electron chi connectivity index (χ0n) is 32.5. The van der Waals surface area contributed by atoms with Gasteiger partial charge in [0, 0.05) is 84.2 Å². The largest absolute Gasteiger partial charge is 0.494 e. The summed E-state index contributed by atoms with van der Waals surface area (Å²) >= 11 is 13.2. The molecule has 0 bridgehead atoms. The Morgan fingerprint density at radius 3 is 2.33 bits per heavy atom. The SMILES string of the molecule is C=C(C)c1cncc(N2CCN(C=O)CC2)c1.Cc1cc(OCCCc2c(C)n(Cc3cccnc3)c3c(-c4c(C)n[nH]c4C)c(Cl)ccc23)cc(C)c1Cl. The van der Waals surface area contributed by atoms with E-state index in [2.05, 4.69) is 61.3 Å². The monoisotopic (exact) mass is 777 g/mol. The second-order valence-corrected chi connectivity index (χ2v) is 15.1. The molecule has 9 nitrogen and oxygen atoms in total. The predicted molar refractivity (Wildman–Crippen MR) is 226 cm³/mol. The van der Waals surface area contributed by atoms with E-state index in [4.69, 9.17) is 27.9 Å². The van der Waals surface area contributed by atoms with E-state index in [-0.39, 0.29) is 0 Å². The number of hydrogen-bond acceptors (Lipinski definition) is 6. The van der Waals surface area contributed by atoms with Crippen LogP contribution in [0.15, 0.2) is 73.8 Å². The van der Waals surface area contributed by atoms with E-state index in [1.165, 1.54) is 16.6 Å². The third-order valence-corrected chi connectivity index (χ3v) is 11.2. The van der Waals surface area contributed by atoms with Crippen molar-refractivity contribution in [3.8, 4) is 16.9 Å². The van der Waals surface area contributed by atoms with E-state index in [0.717, 1.165) is 123 Å². The minimum Gasteiger partial charge on any atom is -0.494 e. The van der Waals surface area contributed by atoms with Gasteiger partial charge in [0.05, 0.1) is 34.7 Å². The molecule has 6 aromatic rings. The van der Waals surface area contributed by atoms with E-state index in [9.17, 15) is 4.79 Å². The molecule has 7 rings (SSSR count). The summed E-state index contributed by atoms with van der Waals surface area (Å²) in [5.41, 5.74) is 14.1. The second kappa shape index (κ2) is 17.6. The van der Waals surface area contributed by atoms with E-state index in [1.807, 2.05) is 77.5 Å². The van der Waals surface area contributed by atoms with Crippen LogP contribution in [0.3, 0.4) is 0 Å². The Balaban J connectivity index is 0.000000252. The van der Waals surface area contributed by atoms with Crippen molar-refractivity contribution in [1.82, 2.24) is 29.6 Å². The lowest BCUT2D eigenvalue weighted by molar-refractivity contribution is -0.118. The maximum Gasteiger partial charge on any atom is 0.209 e. The van der Waals surface area contributed by atoms with Crippen molar-refractivity contribution in [1.29, 1.82) is 0 Å². The average Bonchev–Trinajstić information content (AvgIpc) is 3.66. The van der Waals surface area contributed by atoms with Gasteiger partial charge in [-0.25, -0.2) is 0 Å². The Morgan fingerprint density at radius 1 is 0.945 bits per heavy atom. The Hall–Kier alpha value is -5.12. The maximum atomic E-state index is 10.6. The van der Waals surface area contributed by atoms with Gasteiger partial charge in [-0.3, -0.25) is 19.9 Å². The number of halogens is 2. The van der Waals surface area contributed by atoms with Gasteiger partial charge in [0.25, 0.3) is 0 Å². The third-order valence-electron chi connectivity index (χ3n) is 10.3. The first kappa shape index (κ1) is 39.6. The first-order chi connectivity index (χ1) is 26.5. The number of anilines is 1. The number of carbonyl (C=O) groups is 1. The van der Waals surface area contributed by atoms with Gasteiger partial charge in [-0.1, -0.05) is 41.9 Å². The van der Waals surface area contributed by atoms with Gasteiger partial charge in [-0.15, -0.1) is 0 Å². The van der Waals surface area contributed by atoms with Crippen molar-refractivity contribution < 1.29 is 9.53 Å². The van der Waals surface area contributed by atoms with Crippen LogP contribution in [0.1, 0.15) is 58.2 Å². The standard InChI is InChI=1S/C31H32Cl2N4O.C13H17N3O/c1-18-14-24(15-19(2)30(18)33)38-13-7-9-25-22(5)37(17-23-8-6-12-34-16-23)31-26(25)10-11-27(32)29(31)28-20(3)35-36-21(28)4;1-11(2)12-7-13(9-14-8-12)16-5-3-15(10-17)4-6-16/h6,8,10-12,14-16H,7,9,13,17H2,1-5H3,(H,35,36);7-10H,1,3-6H2,2H3. The lowest BCUT2D eigenvalue weighted by Gasteiger charge is -2.34. The maximum absolute atomic E-state index is 10.6. The summed E-state index contributed by atoms with van der Waals surface area (Å²) in [5, 5.41) is 10.3. The molecule has 0 saturated carbocycles. The number of piperazine rings is 1. The number of rotatable bonds is 11. The molecule has 0 radical (unpaired) electrons. The summed E-state index contributed by atoms with van der Waals surface area (Å²) in [6, 6.07) is 14.4. The molecule has 4 aromatic heterocycles. The Morgan fingerprint density at radius 2 is 1.69 bits per heavy atom. The number of nitrogens with one attached hydrogen (secondary N) is 1. The van der Waals surface area contributed by atoms with Crippen LogP contribution in [0.2, 0.25) is 10.0 Å². The van der Waals surface area contributed by atoms with Gasteiger partial charge >= 0.3 is 0 Å². The molecule has 11 heteroatoms. The molecule has 1 fully saturated rings. The number of amides is 1. The summed E-state index contributed by atoms with van der Waals surface area (Å²) in [6.45, 7) is 20.8. The van der Waals surface area contributed by atoms with E-state index >= 15 is 0 Å². The number of carbonyl (C=O) groups excluding carboxylic acids is 1. The molecule has 0 aliphatic carbocycles. The topological polar surface area (TPSA) is 92.2 Å². The first-order valence-corrected chi connectivity index (χ1v) is 19.4. The van der Waals surface area contributed by atoms with Crippen LogP contribution in [0, 0.1) is 34.6 Å². The summed E-state index contributed by atoms with van der Waals surface area (Å²) in [6.07, 6.45) is 10.1. The molecular formula is C44H49Cl2N7O2. The highest BCUT2D eigenvalue weighted by molar-refractivity contribution is 6.35. The molecule has 0 atom stereocenters. The number of nitrogens with zero attached hydrogens (tertiary/aromatic N) is 6. The van der Waals surface area contributed by atoms with E-state index in [1.54, 1.807) is 11.1 Å². The second-order valence-electron chi connectivity index (χ2n) is 14.3. The number of aromatic amines is 1. The Kier molecular flexibility index (Phi) is 12.6. The van der Waals surface area contributed by atoms with Crippen molar-refractivity contribution in [2.45, 2.75) is 60.9 Å².